The fraction of sp³-hybridized carbons (Fsp3) is 0.778. The molecule has 24 heavy (non-hydrogen) atoms. The number of morpholine rings is 1. The highest BCUT2D eigenvalue weighted by Crippen LogP contribution is 2.23. The Balaban J connectivity index is 1.66. The summed E-state index contributed by atoms with van der Waals surface area (Å²) in [6.45, 7) is 7.53. The Morgan fingerprint density at radius 2 is 2.17 bits per heavy atom. The first-order valence-electron chi connectivity index (χ1n) is 9.36. The highest BCUT2D eigenvalue weighted by atomic mass is 16.5. The van der Waals surface area contributed by atoms with Gasteiger partial charge < -0.3 is 10.1 Å². The lowest BCUT2D eigenvalue weighted by atomic mass is 9.90. The minimum atomic E-state index is -0.0351. The summed E-state index contributed by atoms with van der Waals surface area (Å²) in [6, 6.07) is 0.176. The van der Waals surface area contributed by atoms with E-state index >= 15 is 0 Å². The fourth-order valence-electron chi connectivity index (χ4n) is 4.09. The van der Waals surface area contributed by atoms with Crippen LogP contribution >= 0.6 is 0 Å². The van der Waals surface area contributed by atoms with Crippen molar-refractivity contribution in [2.45, 2.75) is 58.0 Å². The third-order valence-corrected chi connectivity index (χ3v) is 5.57. The first-order chi connectivity index (χ1) is 11.7. The smallest absolute Gasteiger partial charge is 0.237 e. The van der Waals surface area contributed by atoms with Gasteiger partial charge in [-0.1, -0.05) is 26.7 Å². The molecule has 2 unspecified atom stereocenters. The Labute approximate surface area is 144 Å². The molecule has 3 rings (SSSR count). The second-order valence-corrected chi connectivity index (χ2v) is 6.99. The molecule has 0 aromatic carbocycles. The Morgan fingerprint density at radius 3 is 2.88 bits per heavy atom. The first-order valence-corrected chi connectivity index (χ1v) is 9.36. The zero-order valence-electron chi connectivity index (χ0n) is 14.9. The van der Waals surface area contributed by atoms with Crippen molar-refractivity contribution in [3.63, 3.8) is 0 Å². The van der Waals surface area contributed by atoms with E-state index in [-0.39, 0.29) is 18.0 Å². The van der Waals surface area contributed by atoms with Gasteiger partial charge in [0.2, 0.25) is 5.91 Å². The standard InChI is InChI=1S/C18H30N4O2/c1-3-13(4-2)17(22-7-9-24-10-8-22)18(23)20-15-6-5-14-12-19-21-16(14)11-15/h12-13,15,17H,3-11H2,1-2H3,(H,19,21)(H,20,23). The molecule has 0 spiro atoms. The van der Waals surface area contributed by atoms with Crippen molar-refractivity contribution < 1.29 is 9.53 Å². The average molecular weight is 334 g/mol. The number of H-pyrrole nitrogens is 1. The van der Waals surface area contributed by atoms with E-state index in [1.807, 2.05) is 6.20 Å². The van der Waals surface area contributed by atoms with Crippen molar-refractivity contribution in [2.24, 2.45) is 5.92 Å². The molecule has 2 aliphatic rings. The third kappa shape index (κ3) is 3.81. The summed E-state index contributed by atoms with van der Waals surface area (Å²) in [5, 5.41) is 10.5. The molecule has 2 N–H and O–H groups in total. The molecule has 0 bridgehead atoms. The van der Waals surface area contributed by atoms with Gasteiger partial charge in [-0.3, -0.25) is 14.8 Å². The van der Waals surface area contributed by atoms with Crippen LogP contribution in [-0.2, 0) is 22.4 Å². The highest BCUT2D eigenvalue weighted by molar-refractivity contribution is 5.82. The molecular weight excluding hydrogens is 304 g/mol. The van der Waals surface area contributed by atoms with Crippen molar-refractivity contribution in [3.8, 4) is 0 Å². The number of fused-ring (bicyclic) bond motifs is 1. The lowest BCUT2D eigenvalue weighted by molar-refractivity contribution is -0.131. The average Bonchev–Trinajstić information content (AvgIpc) is 3.07. The van der Waals surface area contributed by atoms with Crippen LogP contribution in [0.1, 0.15) is 44.4 Å². The van der Waals surface area contributed by atoms with Crippen LogP contribution in [0, 0.1) is 5.92 Å². The molecule has 1 aliphatic heterocycles. The van der Waals surface area contributed by atoms with E-state index in [4.69, 9.17) is 4.74 Å². The van der Waals surface area contributed by atoms with Gasteiger partial charge in [-0.15, -0.1) is 0 Å². The van der Waals surface area contributed by atoms with Crippen molar-refractivity contribution in [3.05, 3.63) is 17.5 Å². The molecule has 2 atom stereocenters. The van der Waals surface area contributed by atoms with Crippen LogP contribution in [-0.4, -0.2) is 59.4 Å². The van der Waals surface area contributed by atoms with E-state index in [2.05, 4.69) is 34.3 Å². The molecule has 6 heteroatoms. The lowest BCUT2D eigenvalue weighted by Crippen LogP contribution is -2.56. The number of carbonyl (C=O) groups is 1. The summed E-state index contributed by atoms with van der Waals surface area (Å²) in [5.74, 6) is 0.591. The number of aromatic amines is 1. The monoisotopic (exact) mass is 334 g/mol. The molecule has 1 fully saturated rings. The number of rotatable bonds is 6. The Kier molecular flexibility index (Phi) is 5.89. The second kappa shape index (κ2) is 8.12. The molecule has 1 aromatic heterocycles. The van der Waals surface area contributed by atoms with E-state index in [9.17, 15) is 4.79 Å². The zero-order valence-corrected chi connectivity index (χ0v) is 14.9. The maximum absolute atomic E-state index is 13.1. The van der Waals surface area contributed by atoms with Crippen molar-refractivity contribution >= 4 is 5.91 Å². The van der Waals surface area contributed by atoms with Crippen LogP contribution in [0.4, 0.5) is 0 Å². The van der Waals surface area contributed by atoms with E-state index in [0.717, 1.165) is 58.4 Å². The molecule has 2 heterocycles. The first kappa shape index (κ1) is 17.4. The van der Waals surface area contributed by atoms with Crippen LogP contribution in [0.5, 0.6) is 0 Å². The minimum Gasteiger partial charge on any atom is -0.379 e. The van der Waals surface area contributed by atoms with E-state index in [1.54, 1.807) is 0 Å². The summed E-state index contributed by atoms with van der Waals surface area (Å²) >= 11 is 0. The van der Waals surface area contributed by atoms with Gasteiger partial charge in [0.15, 0.2) is 0 Å². The minimum absolute atomic E-state index is 0.0351. The van der Waals surface area contributed by atoms with E-state index in [1.165, 1.54) is 11.3 Å². The Bertz CT molecular complexity index is 535. The Morgan fingerprint density at radius 1 is 1.42 bits per heavy atom. The molecule has 6 nitrogen and oxygen atoms in total. The van der Waals surface area contributed by atoms with E-state index in [0.29, 0.717) is 5.92 Å². The SMILES string of the molecule is CCC(CC)C(C(=O)NC1CCc2cn[nH]c2C1)N1CCOCC1. The van der Waals surface area contributed by atoms with Crippen LogP contribution in [0.2, 0.25) is 0 Å². The molecule has 0 saturated carbocycles. The second-order valence-electron chi connectivity index (χ2n) is 6.99. The molecule has 1 amide bonds. The van der Waals surface area contributed by atoms with Crippen LogP contribution in [0.3, 0.4) is 0 Å². The van der Waals surface area contributed by atoms with Gasteiger partial charge in [-0.25, -0.2) is 0 Å². The Hall–Kier alpha value is -1.40. The summed E-state index contributed by atoms with van der Waals surface area (Å²) in [7, 11) is 0. The fourth-order valence-corrected chi connectivity index (χ4v) is 4.09. The van der Waals surface area contributed by atoms with Gasteiger partial charge >= 0.3 is 0 Å². The number of aryl methyl sites for hydroxylation is 1. The van der Waals surface area contributed by atoms with Gasteiger partial charge in [-0.05, 0) is 24.3 Å². The van der Waals surface area contributed by atoms with Crippen molar-refractivity contribution in [1.29, 1.82) is 0 Å². The number of aromatic nitrogens is 2. The summed E-state index contributed by atoms with van der Waals surface area (Å²) < 4.78 is 5.47. The van der Waals surface area contributed by atoms with Crippen LogP contribution in [0.15, 0.2) is 6.20 Å². The summed E-state index contributed by atoms with van der Waals surface area (Å²) in [5.41, 5.74) is 2.47. The topological polar surface area (TPSA) is 70.2 Å². The number of hydrogen-bond acceptors (Lipinski definition) is 4. The van der Waals surface area contributed by atoms with Gasteiger partial charge in [-0.2, -0.15) is 5.10 Å². The van der Waals surface area contributed by atoms with Crippen LogP contribution < -0.4 is 5.32 Å². The molecular formula is C18H30N4O2. The number of carbonyl (C=O) groups excluding carboxylic acids is 1. The third-order valence-electron chi connectivity index (χ3n) is 5.57. The molecule has 134 valence electrons. The largest absolute Gasteiger partial charge is 0.379 e. The summed E-state index contributed by atoms with van der Waals surface area (Å²) in [4.78, 5) is 15.4. The number of nitrogens with one attached hydrogen (secondary N) is 2. The van der Waals surface area contributed by atoms with Gasteiger partial charge in [0.25, 0.3) is 0 Å². The maximum Gasteiger partial charge on any atom is 0.237 e. The normalized spacial score (nSPS) is 23.0. The zero-order chi connectivity index (χ0) is 16.9. The van der Waals surface area contributed by atoms with Crippen molar-refractivity contribution in [1.82, 2.24) is 20.4 Å². The van der Waals surface area contributed by atoms with Gasteiger partial charge in [0, 0.05) is 31.2 Å². The molecule has 1 aromatic rings. The van der Waals surface area contributed by atoms with Crippen LogP contribution in [0.25, 0.3) is 0 Å². The van der Waals surface area contributed by atoms with E-state index < -0.39 is 0 Å². The number of nitrogens with zero attached hydrogens (tertiary/aromatic N) is 2. The van der Waals surface area contributed by atoms with Crippen molar-refractivity contribution in [2.75, 3.05) is 26.3 Å². The lowest BCUT2D eigenvalue weighted by Gasteiger charge is -2.38. The number of ether oxygens (including phenoxy) is 1. The molecule has 0 radical (unpaired) electrons. The predicted octanol–water partition coefficient (Wildman–Crippen LogP) is 1.52. The summed E-state index contributed by atoms with van der Waals surface area (Å²) in [6.07, 6.45) is 6.82. The van der Waals surface area contributed by atoms with Gasteiger partial charge in [0.05, 0.1) is 25.5 Å². The predicted molar refractivity (Wildman–Crippen MR) is 92.8 cm³/mol. The number of hydrogen-bond donors (Lipinski definition) is 2. The molecule has 1 aliphatic carbocycles. The quantitative estimate of drug-likeness (QED) is 0.827. The molecule has 1 saturated heterocycles. The highest BCUT2D eigenvalue weighted by Gasteiger charge is 2.34. The van der Waals surface area contributed by atoms with Gasteiger partial charge in [0.1, 0.15) is 0 Å². The number of amides is 1. The maximum atomic E-state index is 13.1.